The number of amides is 1. The first-order chi connectivity index (χ1) is 4.75. The fraction of sp³-hybridized carbons (Fsp3) is 0.857. The van der Waals surface area contributed by atoms with Gasteiger partial charge < -0.3 is 9.64 Å². The van der Waals surface area contributed by atoms with E-state index in [-0.39, 0.29) is 5.91 Å². The Bertz CT molecular complexity index is 136. The van der Waals surface area contributed by atoms with Gasteiger partial charge in [0, 0.05) is 20.6 Å². The Morgan fingerprint density at radius 1 is 1.80 bits per heavy atom. The van der Waals surface area contributed by atoms with Gasteiger partial charge in [0.25, 0.3) is 0 Å². The summed E-state index contributed by atoms with van der Waals surface area (Å²) in [5.74, 6) is 0.238. The third-order valence-corrected chi connectivity index (χ3v) is 1.99. The lowest BCUT2D eigenvalue weighted by Gasteiger charge is -2.18. The quantitative estimate of drug-likeness (QED) is 0.554. The standard InChI is InChI=1S/C7H13NO2/c1-8-6(5-10-2)3-4-7(8)9/h6H,3-5H2,1-2H3/t6-/m0/s1. The van der Waals surface area contributed by atoms with Gasteiger partial charge in [-0.15, -0.1) is 0 Å². The predicted molar refractivity (Wildman–Crippen MR) is 37.7 cm³/mol. The van der Waals surface area contributed by atoms with E-state index in [1.807, 2.05) is 7.05 Å². The van der Waals surface area contributed by atoms with Gasteiger partial charge in [-0.1, -0.05) is 0 Å². The van der Waals surface area contributed by atoms with Gasteiger partial charge in [0.05, 0.1) is 12.6 Å². The fourth-order valence-electron chi connectivity index (χ4n) is 1.25. The average molecular weight is 143 g/mol. The van der Waals surface area contributed by atoms with Crippen LogP contribution < -0.4 is 0 Å². The summed E-state index contributed by atoms with van der Waals surface area (Å²) in [6, 6.07) is 0.317. The summed E-state index contributed by atoms with van der Waals surface area (Å²) in [5.41, 5.74) is 0. The van der Waals surface area contributed by atoms with Crippen LogP contribution in [0.25, 0.3) is 0 Å². The van der Waals surface area contributed by atoms with Crippen LogP contribution in [0.1, 0.15) is 12.8 Å². The summed E-state index contributed by atoms with van der Waals surface area (Å²) in [6.07, 6.45) is 1.63. The van der Waals surface area contributed by atoms with Gasteiger partial charge in [0.15, 0.2) is 0 Å². The van der Waals surface area contributed by atoms with E-state index in [0.717, 1.165) is 6.42 Å². The number of ether oxygens (including phenoxy) is 1. The van der Waals surface area contributed by atoms with Crippen LogP contribution in [0.2, 0.25) is 0 Å². The van der Waals surface area contributed by atoms with E-state index in [2.05, 4.69) is 0 Å². The molecule has 0 aromatic heterocycles. The zero-order valence-corrected chi connectivity index (χ0v) is 6.46. The maximum absolute atomic E-state index is 10.9. The van der Waals surface area contributed by atoms with Crippen LogP contribution >= 0.6 is 0 Å². The van der Waals surface area contributed by atoms with Crippen molar-refractivity contribution in [3.8, 4) is 0 Å². The Hall–Kier alpha value is -0.570. The van der Waals surface area contributed by atoms with E-state index in [9.17, 15) is 4.79 Å². The Balaban J connectivity index is 2.41. The smallest absolute Gasteiger partial charge is 0.222 e. The molecule has 1 amide bonds. The van der Waals surface area contributed by atoms with E-state index < -0.39 is 0 Å². The van der Waals surface area contributed by atoms with Crippen LogP contribution in [0.15, 0.2) is 0 Å². The summed E-state index contributed by atoms with van der Waals surface area (Å²) >= 11 is 0. The first-order valence-corrected chi connectivity index (χ1v) is 3.50. The maximum atomic E-state index is 10.9. The van der Waals surface area contributed by atoms with Gasteiger partial charge >= 0.3 is 0 Å². The molecule has 1 rings (SSSR count). The monoisotopic (exact) mass is 143 g/mol. The number of likely N-dealkylation sites (tertiary alicyclic amines) is 1. The summed E-state index contributed by atoms with van der Waals surface area (Å²) in [6.45, 7) is 0.669. The SMILES string of the molecule is COC[C@@H]1CCC(=O)N1C. The Morgan fingerprint density at radius 2 is 2.50 bits per heavy atom. The molecular formula is C7H13NO2. The number of hydrogen-bond acceptors (Lipinski definition) is 2. The number of carbonyl (C=O) groups excluding carboxylic acids is 1. The van der Waals surface area contributed by atoms with Crippen LogP contribution in [0, 0.1) is 0 Å². The van der Waals surface area contributed by atoms with Crippen molar-refractivity contribution in [1.29, 1.82) is 0 Å². The van der Waals surface area contributed by atoms with Crippen LogP contribution in [0.3, 0.4) is 0 Å². The Morgan fingerprint density at radius 3 is 2.90 bits per heavy atom. The van der Waals surface area contributed by atoms with Crippen molar-refractivity contribution >= 4 is 5.91 Å². The van der Waals surface area contributed by atoms with Gasteiger partial charge in [-0.2, -0.15) is 0 Å². The number of hydrogen-bond donors (Lipinski definition) is 0. The molecule has 0 saturated carbocycles. The summed E-state index contributed by atoms with van der Waals surface area (Å²) in [5, 5.41) is 0. The third kappa shape index (κ3) is 1.29. The molecule has 1 saturated heterocycles. The van der Waals surface area contributed by atoms with Crippen molar-refractivity contribution in [3.05, 3.63) is 0 Å². The number of rotatable bonds is 2. The molecule has 1 fully saturated rings. The second-order valence-electron chi connectivity index (χ2n) is 2.65. The van der Waals surface area contributed by atoms with E-state index in [0.29, 0.717) is 19.1 Å². The van der Waals surface area contributed by atoms with Crippen molar-refractivity contribution in [2.75, 3.05) is 20.8 Å². The molecule has 3 nitrogen and oxygen atoms in total. The maximum Gasteiger partial charge on any atom is 0.222 e. The van der Waals surface area contributed by atoms with E-state index in [1.54, 1.807) is 12.0 Å². The van der Waals surface area contributed by atoms with Gasteiger partial charge in [-0.05, 0) is 6.42 Å². The van der Waals surface area contributed by atoms with Crippen LogP contribution in [-0.2, 0) is 9.53 Å². The summed E-state index contributed by atoms with van der Waals surface area (Å²) in [4.78, 5) is 12.7. The van der Waals surface area contributed by atoms with E-state index in [1.165, 1.54) is 0 Å². The second-order valence-corrected chi connectivity index (χ2v) is 2.65. The Labute approximate surface area is 61.0 Å². The van der Waals surface area contributed by atoms with Gasteiger partial charge in [-0.25, -0.2) is 0 Å². The first kappa shape index (κ1) is 7.54. The highest BCUT2D eigenvalue weighted by Crippen LogP contribution is 2.15. The van der Waals surface area contributed by atoms with Gasteiger partial charge in [0.1, 0.15) is 0 Å². The van der Waals surface area contributed by atoms with Crippen LogP contribution in [0.4, 0.5) is 0 Å². The lowest BCUT2D eigenvalue weighted by Crippen LogP contribution is -2.31. The highest BCUT2D eigenvalue weighted by Gasteiger charge is 2.26. The molecule has 0 aromatic rings. The van der Waals surface area contributed by atoms with Crippen molar-refractivity contribution in [1.82, 2.24) is 4.90 Å². The Kier molecular flexibility index (Phi) is 2.27. The fourth-order valence-corrected chi connectivity index (χ4v) is 1.25. The highest BCUT2D eigenvalue weighted by atomic mass is 16.5. The third-order valence-electron chi connectivity index (χ3n) is 1.99. The van der Waals surface area contributed by atoms with Crippen LogP contribution in [-0.4, -0.2) is 37.6 Å². The summed E-state index contributed by atoms with van der Waals surface area (Å²) < 4.78 is 4.95. The first-order valence-electron chi connectivity index (χ1n) is 3.50. The lowest BCUT2D eigenvalue weighted by atomic mass is 10.2. The van der Waals surface area contributed by atoms with Crippen LogP contribution in [0.5, 0.6) is 0 Å². The van der Waals surface area contributed by atoms with Crippen molar-refractivity contribution in [3.63, 3.8) is 0 Å². The van der Waals surface area contributed by atoms with Crippen molar-refractivity contribution in [2.24, 2.45) is 0 Å². The lowest BCUT2D eigenvalue weighted by molar-refractivity contribution is -0.128. The molecule has 0 aliphatic carbocycles. The molecule has 1 aliphatic rings. The zero-order chi connectivity index (χ0) is 7.56. The molecule has 0 bridgehead atoms. The second kappa shape index (κ2) is 3.01. The van der Waals surface area contributed by atoms with Gasteiger partial charge in [-0.3, -0.25) is 4.79 Å². The number of methoxy groups -OCH3 is 1. The minimum atomic E-state index is 0.238. The molecule has 1 heterocycles. The minimum absolute atomic E-state index is 0.238. The normalized spacial score (nSPS) is 26.0. The zero-order valence-electron chi connectivity index (χ0n) is 6.46. The molecule has 3 heteroatoms. The highest BCUT2D eigenvalue weighted by molar-refractivity contribution is 5.78. The largest absolute Gasteiger partial charge is 0.383 e. The van der Waals surface area contributed by atoms with Crippen molar-refractivity contribution in [2.45, 2.75) is 18.9 Å². The number of likely N-dealkylation sites (N-methyl/N-ethyl adjacent to an activating group) is 1. The molecule has 1 aliphatic heterocycles. The van der Waals surface area contributed by atoms with E-state index >= 15 is 0 Å². The number of carbonyl (C=O) groups is 1. The molecule has 0 N–H and O–H groups in total. The number of nitrogens with zero attached hydrogens (tertiary/aromatic N) is 1. The van der Waals surface area contributed by atoms with Gasteiger partial charge in [0.2, 0.25) is 5.91 Å². The molecule has 0 spiro atoms. The molecular weight excluding hydrogens is 130 g/mol. The summed E-state index contributed by atoms with van der Waals surface area (Å²) in [7, 11) is 3.50. The molecule has 0 aromatic carbocycles. The van der Waals surface area contributed by atoms with Crippen molar-refractivity contribution < 1.29 is 9.53 Å². The molecule has 10 heavy (non-hydrogen) atoms. The topological polar surface area (TPSA) is 29.5 Å². The minimum Gasteiger partial charge on any atom is -0.383 e. The molecule has 0 unspecified atom stereocenters. The molecule has 1 atom stereocenters. The van der Waals surface area contributed by atoms with E-state index in [4.69, 9.17) is 4.74 Å². The molecule has 0 radical (unpaired) electrons. The average Bonchev–Trinajstić information content (AvgIpc) is 2.20. The predicted octanol–water partition coefficient (Wildman–Crippen LogP) is 0.254. The molecule has 58 valence electrons.